The highest BCUT2D eigenvalue weighted by Crippen LogP contribution is 2.40. The molecule has 2 rings (SSSR count). The second-order valence-corrected chi connectivity index (χ2v) is 7.80. The van der Waals surface area contributed by atoms with Crippen molar-refractivity contribution >= 4 is 0 Å². The molecule has 1 heteroatoms. The van der Waals surface area contributed by atoms with E-state index in [0.717, 1.165) is 17.9 Å². The maximum atomic E-state index is 3.96. The lowest BCUT2D eigenvalue weighted by molar-refractivity contribution is 0.209. The van der Waals surface area contributed by atoms with E-state index in [2.05, 4.69) is 26.1 Å². The summed E-state index contributed by atoms with van der Waals surface area (Å²) in [4.78, 5) is 0. The van der Waals surface area contributed by atoms with Crippen LogP contribution in [0.3, 0.4) is 0 Å². The van der Waals surface area contributed by atoms with Crippen LogP contribution in [-0.4, -0.2) is 12.6 Å². The lowest BCUT2D eigenvalue weighted by atomic mass is 9.79. The minimum atomic E-state index is 0.658. The van der Waals surface area contributed by atoms with Gasteiger partial charge >= 0.3 is 0 Å². The summed E-state index contributed by atoms with van der Waals surface area (Å²) in [5, 5.41) is 3.96. The Hall–Kier alpha value is -0.0400. The van der Waals surface area contributed by atoms with Gasteiger partial charge in [0.15, 0.2) is 0 Å². The monoisotopic (exact) mass is 265 g/mol. The van der Waals surface area contributed by atoms with Gasteiger partial charge in [-0.3, -0.25) is 0 Å². The van der Waals surface area contributed by atoms with Gasteiger partial charge in [-0.25, -0.2) is 0 Å². The predicted molar refractivity (Wildman–Crippen MR) is 84.4 cm³/mol. The van der Waals surface area contributed by atoms with Crippen molar-refractivity contribution in [3.63, 3.8) is 0 Å². The summed E-state index contributed by atoms with van der Waals surface area (Å²) in [5.74, 6) is 1.87. The van der Waals surface area contributed by atoms with Crippen LogP contribution in [-0.2, 0) is 0 Å². The third kappa shape index (κ3) is 4.48. The quantitative estimate of drug-likeness (QED) is 0.700. The zero-order valence-corrected chi connectivity index (χ0v) is 13.5. The molecule has 2 saturated carbocycles. The van der Waals surface area contributed by atoms with Gasteiger partial charge in [0.2, 0.25) is 0 Å². The van der Waals surface area contributed by atoms with Crippen LogP contribution >= 0.6 is 0 Å². The number of rotatable bonds is 6. The number of hydrogen-bond acceptors (Lipinski definition) is 1. The Labute approximate surface area is 120 Å². The van der Waals surface area contributed by atoms with Gasteiger partial charge in [0, 0.05) is 12.6 Å². The second-order valence-electron chi connectivity index (χ2n) is 7.80. The third-order valence-electron chi connectivity index (χ3n) is 5.77. The molecule has 0 radical (unpaired) electrons. The standard InChI is InChI=1S/C18H35N/c1-4-18(10-5-6-11-18)14-19-17-9-7-8-16(13-17)12-15(2)3/h15-17,19H,4-14H2,1-3H3. The molecule has 0 aromatic heterocycles. The number of hydrogen-bond donors (Lipinski definition) is 1. The van der Waals surface area contributed by atoms with E-state index >= 15 is 0 Å². The van der Waals surface area contributed by atoms with Crippen molar-refractivity contribution in [2.45, 2.75) is 91.0 Å². The molecule has 2 fully saturated rings. The Morgan fingerprint density at radius 1 is 1.11 bits per heavy atom. The molecule has 0 bridgehead atoms. The van der Waals surface area contributed by atoms with E-state index in [1.165, 1.54) is 70.8 Å². The van der Waals surface area contributed by atoms with Gasteiger partial charge in [-0.15, -0.1) is 0 Å². The van der Waals surface area contributed by atoms with E-state index in [4.69, 9.17) is 0 Å². The molecular formula is C18H35N. The first-order valence-electron chi connectivity index (χ1n) is 8.87. The van der Waals surface area contributed by atoms with E-state index in [9.17, 15) is 0 Å². The first-order valence-corrected chi connectivity index (χ1v) is 8.87. The van der Waals surface area contributed by atoms with Crippen molar-refractivity contribution in [1.82, 2.24) is 5.32 Å². The molecule has 0 aromatic carbocycles. The summed E-state index contributed by atoms with van der Waals surface area (Å²) < 4.78 is 0. The fourth-order valence-electron chi connectivity index (χ4n) is 4.50. The molecule has 2 aliphatic rings. The van der Waals surface area contributed by atoms with Crippen LogP contribution in [0.25, 0.3) is 0 Å². The highest BCUT2D eigenvalue weighted by atomic mass is 14.9. The van der Waals surface area contributed by atoms with E-state index < -0.39 is 0 Å². The molecule has 0 aromatic rings. The summed E-state index contributed by atoms with van der Waals surface area (Å²) in [6, 6.07) is 0.821. The van der Waals surface area contributed by atoms with E-state index in [1.54, 1.807) is 0 Å². The number of nitrogens with one attached hydrogen (secondary N) is 1. The molecule has 2 unspecified atom stereocenters. The van der Waals surface area contributed by atoms with E-state index in [-0.39, 0.29) is 0 Å². The zero-order chi connectivity index (χ0) is 13.7. The molecule has 0 amide bonds. The molecule has 2 aliphatic carbocycles. The maximum Gasteiger partial charge on any atom is 0.00699 e. The lowest BCUT2D eigenvalue weighted by Gasteiger charge is -2.35. The molecule has 112 valence electrons. The van der Waals surface area contributed by atoms with Crippen molar-refractivity contribution in [3.05, 3.63) is 0 Å². The van der Waals surface area contributed by atoms with Gasteiger partial charge in [-0.05, 0) is 55.8 Å². The molecule has 0 saturated heterocycles. The topological polar surface area (TPSA) is 12.0 Å². The van der Waals surface area contributed by atoms with Gasteiger partial charge in [0.05, 0.1) is 0 Å². The van der Waals surface area contributed by atoms with Crippen molar-refractivity contribution in [2.24, 2.45) is 17.3 Å². The zero-order valence-electron chi connectivity index (χ0n) is 13.5. The molecule has 0 spiro atoms. The fraction of sp³-hybridized carbons (Fsp3) is 1.00. The van der Waals surface area contributed by atoms with Crippen LogP contribution in [0.4, 0.5) is 0 Å². The highest BCUT2D eigenvalue weighted by Gasteiger charge is 2.33. The SMILES string of the molecule is CCC1(CNC2CCCC(CC(C)C)C2)CCCC1. The van der Waals surface area contributed by atoms with Crippen molar-refractivity contribution in [2.75, 3.05) is 6.54 Å². The summed E-state index contributed by atoms with van der Waals surface area (Å²) in [6.45, 7) is 8.45. The average molecular weight is 265 g/mol. The first kappa shape index (κ1) is 15.4. The molecule has 0 heterocycles. The molecule has 1 nitrogen and oxygen atoms in total. The smallest absolute Gasteiger partial charge is 0.00699 e. The Morgan fingerprint density at radius 2 is 1.84 bits per heavy atom. The Kier molecular flexibility index (Phi) is 5.74. The van der Waals surface area contributed by atoms with Crippen LogP contribution < -0.4 is 5.32 Å². The van der Waals surface area contributed by atoms with Crippen LogP contribution in [0.5, 0.6) is 0 Å². The van der Waals surface area contributed by atoms with Gasteiger partial charge in [-0.1, -0.05) is 46.5 Å². The lowest BCUT2D eigenvalue weighted by Crippen LogP contribution is -2.41. The minimum Gasteiger partial charge on any atom is -0.313 e. The Morgan fingerprint density at radius 3 is 2.47 bits per heavy atom. The van der Waals surface area contributed by atoms with Crippen LogP contribution in [0.1, 0.15) is 85.0 Å². The van der Waals surface area contributed by atoms with Crippen molar-refractivity contribution < 1.29 is 0 Å². The Bertz CT molecular complexity index is 252. The normalized spacial score (nSPS) is 30.9. The van der Waals surface area contributed by atoms with Gasteiger partial charge < -0.3 is 5.32 Å². The van der Waals surface area contributed by atoms with Crippen LogP contribution in [0.15, 0.2) is 0 Å². The largest absolute Gasteiger partial charge is 0.313 e. The molecular weight excluding hydrogens is 230 g/mol. The summed E-state index contributed by atoms with van der Waals surface area (Å²) in [6.07, 6.45) is 14.5. The maximum absolute atomic E-state index is 3.96. The van der Waals surface area contributed by atoms with E-state index in [0.29, 0.717) is 5.41 Å². The Balaban J connectivity index is 1.75. The molecule has 0 aliphatic heterocycles. The van der Waals surface area contributed by atoms with Crippen molar-refractivity contribution in [3.8, 4) is 0 Å². The fourth-order valence-corrected chi connectivity index (χ4v) is 4.50. The minimum absolute atomic E-state index is 0.658. The average Bonchev–Trinajstić information content (AvgIpc) is 2.86. The summed E-state index contributed by atoms with van der Waals surface area (Å²) >= 11 is 0. The molecule has 19 heavy (non-hydrogen) atoms. The van der Waals surface area contributed by atoms with E-state index in [1.807, 2.05) is 0 Å². The summed E-state index contributed by atoms with van der Waals surface area (Å²) in [5.41, 5.74) is 0.658. The van der Waals surface area contributed by atoms with Gasteiger partial charge in [-0.2, -0.15) is 0 Å². The predicted octanol–water partition coefficient (Wildman–Crippen LogP) is 5.15. The first-order chi connectivity index (χ1) is 9.13. The summed E-state index contributed by atoms with van der Waals surface area (Å²) in [7, 11) is 0. The highest BCUT2D eigenvalue weighted by molar-refractivity contribution is 4.88. The van der Waals surface area contributed by atoms with Crippen LogP contribution in [0.2, 0.25) is 0 Å². The van der Waals surface area contributed by atoms with Crippen molar-refractivity contribution in [1.29, 1.82) is 0 Å². The molecule has 1 N–H and O–H groups in total. The van der Waals surface area contributed by atoms with Gasteiger partial charge in [0.25, 0.3) is 0 Å². The van der Waals surface area contributed by atoms with Gasteiger partial charge in [0.1, 0.15) is 0 Å². The van der Waals surface area contributed by atoms with Crippen LogP contribution in [0, 0.1) is 17.3 Å². The third-order valence-corrected chi connectivity index (χ3v) is 5.77. The molecule has 2 atom stereocenters. The second kappa shape index (κ2) is 7.11.